The van der Waals surface area contributed by atoms with Gasteiger partial charge in [0.1, 0.15) is 29.5 Å². The summed E-state index contributed by atoms with van der Waals surface area (Å²) < 4.78 is 19.8. The van der Waals surface area contributed by atoms with E-state index in [1.165, 1.54) is 0 Å². The number of aliphatic imine (C=N–C) groups is 1. The topological polar surface area (TPSA) is 159 Å². The number of allylic oxidation sites excluding steroid dienone is 2. The maximum atomic E-state index is 12.1. The third-order valence-corrected chi connectivity index (χ3v) is 14.2. The summed E-state index contributed by atoms with van der Waals surface area (Å²) in [5.41, 5.74) is 13.3. The standard InChI is InChI=1S/C50H67N3O7/c1-5-29-20-32-13-12-31(29)21-36(54)10-8-17-52-50(51)53-18-16-30-9-6-7-11-43(30)59-45-25-33(14-15-40(45)55)49-42(57)26-39-44(60-49)27-46(58-4)48-38-23-35(19-28(2)3)41(56)24-34(38)22-37(32)47(39)48/h12-15,23-25,27-32,36-37,42-43,49,54-57H,5-11,16-22,26H2,1-4H3,(H3,51,52,53)/t29-,30-,31+,32+,36+,37+,42+,43+,49-/m0/s1. The number of nitrogens with zero attached hydrogens (tertiary/aromatic N) is 1. The van der Waals surface area contributed by atoms with Gasteiger partial charge in [-0.15, -0.1) is 0 Å². The molecule has 5 heterocycles. The fourth-order valence-corrected chi connectivity index (χ4v) is 11.2. The number of hydrogen-bond acceptors (Lipinski definition) is 10. The van der Waals surface area contributed by atoms with E-state index in [0.29, 0.717) is 73.1 Å². The van der Waals surface area contributed by atoms with Gasteiger partial charge in [0.05, 0.1) is 19.3 Å². The third kappa shape index (κ3) is 8.83. The van der Waals surface area contributed by atoms with Crippen LogP contribution in [0, 0.1) is 29.6 Å². The molecule has 1 fully saturated rings. The number of aliphatic hydroxyl groups is 2. The number of aromatic hydroxyl groups is 2. The van der Waals surface area contributed by atoms with Crippen molar-refractivity contribution in [3.8, 4) is 39.9 Å². The van der Waals surface area contributed by atoms with Crippen molar-refractivity contribution in [2.45, 2.75) is 135 Å². The molecule has 8 bridgehead atoms. The Balaban J connectivity index is 1.22. The number of guanidine groups is 1. The van der Waals surface area contributed by atoms with E-state index in [4.69, 9.17) is 19.9 Å². The van der Waals surface area contributed by atoms with Gasteiger partial charge in [0.15, 0.2) is 17.5 Å². The van der Waals surface area contributed by atoms with Crippen LogP contribution in [-0.4, -0.2) is 64.9 Å². The molecule has 0 aromatic heterocycles. The first kappa shape index (κ1) is 42.3. The lowest BCUT2D eigenvalue weighted by atomic mass is 9.64. The van der Waals surface area contributed by atoms with E-state index in [1.54, 1.807) is 13.2 Å². The zero-order valence-electron chi connectivity index (χ0n) is 36.0. The largest absolute Gasteiger partial charge is 0.508 e. The average Bonchev–Trinajstić information content (AvgIpc) is 3.23. The van der Waals surface area contributed by atoms with Gasteiger partial charge in [0, 0.05) is 36.7 Å². The summed E-state index contributed by atoms with van der Waals surface area (Å²) in [7, 11) is 1.71. The van der Waals surface area contributed by atoms with Crippen LogP contribution in [0.25, 0.3) is 11.1 Å². The number of nitrogens with one attached hydrogen (secondary N) is 1. The van der Waals surface area contributed by atoms with Crippen LogP contribution in [0.2, 0.25) is 0 Å². The lowest BCUT2D eigenvalue weighted by Crippen LogP contribution is -2.37. The molecule has 60 heavy (non-hydrogen) atoms. The van der Waals surface area contributed by atoms with E-state index in [9.17, 15) is 20.4 Å². The summed E-state index contributed by atoms with van der Waals surface area (Å²) >= 11 is 0. The molecule has 0 unspecified atom stereocenters. The Morgan fingerprint density at radius 3 is 2.52 bits per heavy atom. The molecule has 1 saturated carbocycles. The maximum Gasteiger partial charge on any atom is 0.188 e. The number of hydrogen-bond donors (Lipinski definition) is 6. The molecule has 9 atom stereocenters. The van der Waals surface area contributed by atoms with E-state index in [2.05, 4.69) is 49.3 Å². The Hall–Kier alpha value is -4.41. The molecular formula is C50H67N3O7. The number of fused-ring (bicyclic) bond motifs is 2. The highest BCUT2D eigenvalue weighted by Gasteiger charge is 2.42. The summed E-state index contributed by atoms with van der Waals surface area (Å²) in [6.07, 6.45) is 13.6. The fourth-order valence-electron chi connectivity index (χ4n) is 11.2. The second-order valence-corrected chi connectivity index (χ2v) is 18.8. The highest BCUT2D eigenvalue weighted by Crippen LogP contribution is 2.56. The number of ether oxygens (including phenoxy) is 3. The SMILES string of the molecule is CC[C@H]1C[C@H]2C=C[C@@H]1C[C@H](O)CCCN=C(N)NCC[C@@H]1CCCC[C@H]1Oc1cc(ccc1O)[C@@H]1Oc3cc(OC)c4c(c3C[C@H]1O)[C@@H]2Cc1cc(O)c(CC(C)C)cc1-4. The van der Waals surface area contributed by atoms with Gasteiger partial charge in [-0.3, -0.25) is 4.99 Å². The highest BCUT2D eigenvalue weighted by molar-refractivity contribution is 5.84. The van der Waals surface area contributed by atoms with Crippen LogP contribution in [-0.2, 0) is 19.3 Å². The molecule has 3 aromatic rings. The molecule has 324 valence electrons. The molecule has 7 N–H and O–H groups in total. The van der Waals surface area contributed by atoms with Crippen molar-refractivity contribution in [2.75, 3.05) is 20.2 Å². The van der Waals surface area contributed by atoms with Crippen LogP contribution in [0.1, 0.15) is 125 Å². The third-order valence-electron chi connectivity index (χ3n) is 14.2. The van der Waals surface area contributed by atoms with Crippen LogP contribution in [0.3, 0.4) is 0 Å². The van der Waals surface area contributed by atoms with E-state index < -0.39 is 18.3 Å². The summed E-state index contributed by atoms with van der Waals surface area (Å²) in [5.74, 6) is 4.16. The molecule has 3 aliphatic carbocycles. The van der Waals surface area contributed by atoms with Crippen LogP contribution in [0.5, 0.6) is 28.7 Å². The number of nitrogens with two attached hydrogens (primary N) is 1. The molecule has 8 aliphatic rings. The predicted molar refractivity (Wildman–Crippen MR) is 236 cm³/mol. The van der Waals surface area contributed by atoms with Crippen molar-refractivity contribution in [1.29, 1.82) is 0 Å². The predicted octanol–water partition coefficient (Wildman–Crippen LogP) is 8.64. The van der Waals surface area contributed by atoms with E-state index in [0.717, 1.165) is 103 Å². The number of phenols is 2. The summed E-state index contributed by atoms with van der Waals surface area (Å²) in [6.45, 7) is 7.82. The average molecular weight is 822 g/mol. The molecule has 10 heteroatoms. The van der Waals surface area contributed by atoms with Crippen LogP contribution >= 0.6 is 0 Å². The molecule has 10 nitrogen and oxygen atoms in total. The van der Waals surface area contributed by atoms with Gasteiger partial charge in [-0.1, -0.05) is 51.8 Å². The normalized spacial score (nSPS) is 29.4. The van der Waals surface area contributed by atoms with Gasteiger partial charge in [-0.05, 0) is 152 Å². The molecule has 11 rings (SSSR count). The number of benzene rings is 3. The number of rotatable bonds is 4. The number of methoxy groups -OCH3 is 1. The second kappa shape index (κ2) is 18.3. The first-order chi connectivity index (χ1) is 29.0. The minimum Gasteiger partial charge on any atom is -0.508 e. The van der Waals surface area contributed by atoms with Gasteiger partial charge in [-0.25, -0.2) is 0 Å². The molecule has 0 spiro atoms. The molecular weight excluding hydrogens is 755 g/mol. The Kier molecular flexibility index (Phi) is 12.9. The molecule has 0 amide bonds. The highest BCUT2D eigenvalue weighted by atomic mass is 16.5. The summed E-state index contributed by atoms with van der Waals surface area (Å²) in [4.78, 5) is 4.57. The zero-order chi connectivity index (χ0) is 42.1. The van der Waals surface area contributed by atoms with Crippen molar-refractivity contribution in [3.05, 3.63) is 76.4 Å². The lowest BCUT2D eigenvalue weighted by Gasteiger charge is -2.42. The van der Waals surface area contributed by atoms with Crippen molar-refractivity contribution in [2.24, 2.45) is 40.3 Å². The minimum absolute atomic E-state index is 0.0443. The Morgan fingerprint density at radius 2 is 1.72 bits per heavy atom. The van der Waals surface area contributed by atoms with E-state index in [1.807, 2.05) is 24.3 Å². The maximum absolute atomic E-state index is 12.1. The van der Waals surface area contributed by atoms with Gasteiger partial charge < -0.3 is 45.7 Å². The first-order valence-corrected chi connectivity index (χ1v) is 22.8. The molecule has 3 aromatic carbocycles. The van der Waals surface area contributed by atoms with E-state index in [-0.39, 0.29) is 35.5 Å². The zero-order valence-corrected chi connectivity index (χ0v) is 36.0. The van der Waals surface area contributed by atoms with Crippen LogP contribution in [0.4, 0.5) is 0 Å². The Labute approximate surface area is 356 Å². The van der Waals surface area contributed by atoms with Crippen LogP contribution < -0.4 is 25.3 Å². The molecule has 0 radical (unpaired) electrons. The summed E-state index contributed by atoms with van der Waals surface area (Å²) in [6, 6.07) is 11.4. The second-order valence-electron chi connectivity index (χ2n) is 18.8. The Morgan fingerprint density at radius 1 is 0.900 bits per heavy atom. The number of aliphatic hydroxyl groups excluding tert-OH is 2. The lowest BCUT2D eigenvalue weighted by molar-refractivity contribution is 0.0197. The quantitative estimate of drug-likeness (QED) is 0.142. The van der Waals surface area contributed by atoms with Gasteiger partial charge in [0.25, 0.3) is 0 Å². The van der Waals surface area contributed by atoms with Gasteiger partial charge in [-0.2, -0.15) is 0 Å². The van der Waals surface area contributed by atoms with Crippen molar-refractivity contribution >= 4 is 5.96 Å². The molecule has 0 saturated heterocycles. The monoisotopic (exact) mass is 821 g/mol. The smallest absolute Gasteiger partial charge is 0.188 e. The van der Waals surface area contributed by atoms with E-state index >= 15 is 0 Å². The van der Waals surface area contributed by atoms with Crippen molar-refractivity contribution in [1.82, 2.24) is 5.32 Å². The molecule has 5 aliphatic heterocycles. The fraction of sp³-hybridized carbons (Fsp3) is 0.580. The number of phenolic OH excluding ortho intramolecular Hbond substituents is 2. The van der Waals surface area contributed by atoms with Gasteiger partial charge >= 0.3 is 0 Å². The van der Waals surface area contributed by atoms with Crippen molar-refractivity contribution in [3.63, 3.8) is 0 Å². The first-order valence-electron chi connectivity index (χ1n) is 22.8. The Bertz CT molecular complexity index is 2060. The minimum atomic E-state index is -0.860. The van der Waals surface area contributed by atoms with Crippen molar-refractivity contribution < 1.29 is 34.6 Å². The summed E-state index contributed by atoms with van der Waals surface area (Å²) in [5, 5.41) is 49.1. The van der Waals surface area contributed by atoms with Crippen LogP contribution in [0.15, 0.2) is 53.5 Å². The van der Waals surface area contributed by atoms with Gasteiger partial charge in [0.2, 0.25) is 0 Å².